The number of ether oxygens (including phenoxy) is 1. The molecule has 0 amide bonds. The minimum Gasteiger partial charge on any atom is -0.374 e. The third-order valence-electron chi connectivity index (χ3n) is 7.58. The molecule has 3 rings (SSSR count). The van der Waals surface area contributed by atoms with E-state index in [0.717, 1.165) is 57.8 Å². The molecule has 1 atom stereocenters. The standard InChI is InChI=1S/C26H36F3N3O2/c1-3-34-18-25(33)19(2)21-9-7-20(8-10-21)11-12-31-13-15-32(16-14-31)24-6-4-5-23(22(24)17-30)26(27,28)29/h4-6,19-21H,3,7-16,18H2,1-2H3. The van der Waals surface area contributed by atoms with E-state index in [1.54, 1.807) is 12.1 Å². The number of ketones is 1. The van der Waals surface area contributed by atoms with Crippen LogP contribution in [0.1, 0.15) is 57.1 Å². The van der Waals surface area contributed by atoms with Crippen LogP contribution in [0, 0.1) is 29.1 Å². The van der Waals surface area contributed by atoms with Gasteiger partial charge in [-0.25, -0.2) is 0 Å². The Labute approximate surface area is 200 Å². The van der Waals surface area contributed by atoms with Crippen molar-refractivity contribution in [3.8, 4) is 6.07 Å². The van der Waals surface area contributed by atoms with Gasteiger partial charge in [0, 0.05) is 38.7 Å². The third kappa shape index (κ3) is 6.73. The Bertz CT molecular complexity index is 852. The molecule has 1 aliphatic carbocycles. The van der Waals surface area contributed by atoms with Crippen LogP contribution in [0.15, 0.2) is 18.2 Å². The number of carbonyl (C=O) groups is 1. The smallest absolute Gasteiger partial charge is 0.374 e. The number of hydrogen-bond donors (Lipinski definition) is 0. The summed E-state index contributed by atoms with van der Waals surface area (Å²) in [6.07, 6.45) is 1.05. The van der Waals surface area contributed by atoms with E-state index in [1.807, 2.05) is 18.7 Å². The minimum atomic E-state index is -4.53. The molecule has 1 aromatic carbocycles. The zero-order valence-corrected chi connectivity index (χ0v) is 20.2. The summed E-state index contributed by atoms with van der Waals surface area (Å²) in [5, 5.41) is 9.38. The van der Waals surface area contributed by atoms with E-state index in [-0.39, 0.29) is 23.9 Å². The molecule has 1 heterocycles. The Morgan fingerprint density at radius 3 is 2.44 bits per heavy atom. The molecule has 1 saturated heterocycles. The number of nitriles is 1. The lowest BCUT2D eigenvalue weighted by Gasteiger charge is -2.38. The first-order chi connectivity index (χ1) is 16.2. The Morgan fingerprint density at radius 1 is 1.18 bits per heavy atom. The van der Waals surface area contributed by atoms with Gasteiger partial charge in [-0.2, -0.15) is 18.4 Å². The van der Waals surface area contributed by atoms with Gasteiger partial charge in [0.1, 0.15) is 12.7 Å². The Kier molecular flexibility index (Phi) is 9.38. The summed E-state index contributed by atoms with van der Waals surface area (Å²) in [6.45, 7) is 8.49. The number of rotatable bonds is 9. The molecule has 188 valence electrons. The molecule has 2 aliphatic rings. The quantitative estimate of drug-likeness (QED) is 0.491. The molecule has 34 heavy (non-hydrogen) atoms. The summed E-state index contributed by atoms with van der Waals surface area (Å²) in [7, 11) is 0. The largest absolute Gasteiger partial charge is 0.417 e. The molecule has 0 aromatic heterocycles. The Hall–Kier alpha value is -2.11. The number of anilines is 1. The maximum absolute atomic E-state index is 13.3. The van der Waals surface area contributed by atoms with Crippen LogP contribution in [0.4, 0.5) is 18.9 Å². The lowest BCUT2D eigenvalue weighted by Crippen LogP contribution is -2.47. The van der Waals surface area contributed by atoms with Crippen LogP contribution < -0.4 is 4.90 Å². The lowest BCUT2D eigenvalue weighted by atomic mass is 9.74. The fourth-order valence-electron chi connectivity index (χ4n) is 5.31. The second kappa shape index (κ2) is 12.0. The summed E-state index contributed by atoms with van der Waals surface area (Å²) in [5.74, 6) is 1.39. The predicted octanol–water partition coefficient (Wildman–Crippen LogP) is 5.14. The van der Waals surface area contributed by atoms with Gasteiger partial charge in [-0.15, -0.1) is 0 Å². The molecule has 2 fully saturated rings. The number of carbonyl (C=O) groups excluding carboxylic acids is 1. The molecule has 1 aliphatic heterocycles. The van der Waals surface area contributed by atoms with Crippen molar-refractivity contribution in [2.75, 3.05) is 50.8 Å². The molecule has 8 heteroatoms. The highest BCUT2D eigenvalue weighted by molar-refractivity contribution is 5.82. The van der Waals surface area contributed by atoms with Crippen LogP contribution in [0.3, 0.4) is 0 Å². The zero-order valence-electron chi connectivity index (χ0n) is 20.2. The van der Waals surface area contributed by atoms with Gasteiger partial charge in [0.05, 0.1) is 16.8 Å². The second-order valence-corrected chi connectivity index (χ2v) is 9.60. The number of nitrogens with zero attached hydrogens (tertiary/aromatic N) is 3. The van der Waals surface area contributed by atoms with E-state index >= 15 is 0 Å². The maximum atomic E-state index is 13.3. The molecule has 1 unspecified atom stereocenters. The van der Waals surface area contributed by atoms with Gasteiger partial charge in [-0.1, -0.05) is 25.8 Å². The molecule has 1 saturated carbocycles. The van der Waals surface area contributed by atoms with Crippen molar-refractivity contribution in [2.45, 2.75) is 52.1 Å². The fourth-order valence-corrected chi connectivity index (χ4v) is 5.31. The number of Topliss-reactive ketones (excluding diaryl/α,β-unsaturated/α-hetero) is 1. The summed E-state index contributed by atoms with van der Waals surface area (Å²) >= 11 is 0. The van der Waals surface area contributed by atoms with Crippen molar-refractivity contribution in [2.24, 2.45) is 17.8 Å². The first-order valence-electron chi connectivity index (χ1n) is 12.4. The van der Waals surface area contributed by atoms with Crippen molar-refractivity contribution in [3.63, 3.8) is 0 Å². The highest BCUT2D eigenvalue weighted by Gasteiger charge is 2.35. The van der Waals surface area contributed by atoms with E-state index in [2.05, 4.69) is 4.90 Å². The average Bonchev–Trinajstić information content (AvgIpc) is 2.85. The average molecular weight is 480 g/mol. The van der Waals surface area contributed by atoms with Crippen molar-refractivity contribution in [1.82, 2.24) is 4.90 Å². The van der Waals surface area contributed by atoms with Crippen molar-refractivity contribution >= 4 is 11.5 Å². The predicted molar refractivity (Wildman–Crippen MR) is 126 cm³/mol. The van der Waals surface area contributed by atoms with Crippen LogP contribution >= 0.6 is 0 Å². The number of halogens is 3. The van der Waals surface area contributed by atoms with Gasteiger partial charge in [-0.3, -0.25) is 9.69 Å². The first kappa shape index (κ1) is 26.5. The molecule has 0 bridgehead atoms. The van der Waals surface area contributed by atoms with Gasteiger partial charge in [0.15, 0.2) is 5.78 Å². The number of hydrogen-bond acceptors (Lipinski definition) is 5. The molecule has 0 spiro atoms. The fraction of sp³-hybridized carbons (Fsp3) is 0.692. The van der Waals surface area contributed by atoms with Crippen LogP contribution in [-0.4, -0.2) is 56.6 Å². The number of alkyl halides is 3. The van der Waals surface area contributed by atoms with Crippen molar-refractivity contribution in [1.29, 1.82) is 5.26 Å². The number of benzene rings is 1. The van der Waals surface area contributed by atoms with E-state index in [9.17, 15) is 23.2 Å². The summed E-state index contributed by atoms with van der Waals surface area (Å²) < 4.78 is 45.1. The maximum Gasteiger partial charge on any atom is 0.417 e. The van der Waals surface area contributed by atoms with Crippen molar-refractivity contribution in [3.05, 3.63) is 29.3 Å². The molecule has 5 nitrogen and oxygen atoms in total. The topological polar surface area (TPSA) is 56.6 Å². The van der Waals surface area contributed by atoms with E-state index in [0.29, 0.717) is 37.2 Å². The molecular formula is C26H36F3N3O2. The summed E-state index contributed by atoms with van der Waals surface area (Å²) in [5.41, 5.74) is -0.767. The minimum absolute atomic E-state index is 0.0646. The molecule has 0 radical (unpaired) electrons. The van der Waals surface area contributed by atoms with Gasteiger partial charge in [-0.05, 0) is 56.7 Å². The highest BCUT2D eigenvalue weighted by Crippen LogP contribution is 2.37. The highest BCUT2D eigenvalue weighted by atomic mass is 19.4. The van der Waals surface area contributed by atoms with Crippen LogP contribution in [-0.2, 0) is 15.7 Å². The van der Waals surface area contributed by atoms with E-state index < -0.39 is 11.7 Å². The molecule has 0 N–H and O–H groups in total. The Balaban J connectivity index is 1.43. The van der Waals surface area contributed by atoms with Gasteiger partial charge < -0.3 is 9.64 Å². The van der Waals surface area contributed by atoms with E-state index in [1.165, 1.54) is 6.07 Å². The van der Waals surface area contributed by atoms with Crippen LogP contribution in [0.2, 0.25) is 0 Å². The SMILES string of the molecule is CCOCC(=O)C(C)C1CCC(CCN2CCN(c3cccc(C(F)(F)F)c3C#N)CC2)CC1. The monoisotopic (exact) mass is 479 g/mol. The van der Waals surface area contributed by atoms with E-state index in [4.69, 9.17) is 4.74 Å². The first-order valence-corrected chi connectivity index (χ1v) is 12.4. The molecule has 1 aromatic rings. The van der Waals surface area contributed by atoms with Crippen molar-refractivity contribution < 1.29 is 22.7 Å². The number of piperazine rings is 1. The lowest BCUT2D eigenvalue weighted by molar-refractivity contribution is -0.137. The summed E-state index contributed by atoms with van der Waals surface area (Å²) in [6, 6.07) is 5.74. The zero-order chi connectivity index (χ0) is 24.7. The van der Waals surface area contributed by atoms with Gasteiger partial charge in [0.25, 0.3) is 0 Å². The third-order valence-corrected chi connectivity index (χ3v) is 7.58. The molecular weight excluding hydrogens is 443 g/mol. The van der Waals surface area contributed by atoms with Crippen LogP contribution in [0.25, 0.3) is 0 Å². The van der Waals surface area contributed by atoms with Gasteiger partial charge in [0.2, 0.25) is 0 Å². The normalized spacial score (nSPS) is 22.9. The second-order valence-electron chi connectivity index (χ2n) is 9.60. The summed E-state index contributed by atoms with van der Waals surface area (Å²) in [4.78, 5) is 16.5. The Morgan fingerprint density at radius 2 is 1.85 bits per heavy atom. The van der Waals surface area contributed by atoms with Crippen LogP contribution in [0.5, 0.6) is 0 Å². The van der Waals surface area contributed by atoms with Gasteiger partial charge >= 0.3 is 6.18 Å².